The van der Waals surface area contributed by atoms with Gasteiger partial charge in [0.2, 0.25) is 0 Å². The molecule has 1 N–H and O–H groups in total. The zero-order valence-electron chi connectivity index (χ0n) is 9.88. The Balaban J connectivity index is 2.93. The van der Waals surface area contributed by atoms with Crippen molar-refractivity contribution in [3.63, 3.8) is 0 Å². The van der Waals surface area contributed by atoms with E-state index in [-0.39, 0.29) is 12.0 Å². The van der Waals surface area contributed by atoms with E-state index in [9.17, 15) is 22.4 Å². The van der Waals surface area contributed by atoms with Gasteiger partial charge >= 0.3 is 12.1 Å². The molecule has 0 fully saturated rings. The zero-order valence-corrected chi connectivity index (χ0v) is 9.88. The molecule has 1 aromatic rings. The molecule has 0 spiro atoms. The zero-order chi connectivity index (χ0) is 14.6. The Morgan fingerprint density at radius 2 is 2.05 bits per heavy atom. The maximum absolute atomic E-state index is 13.0. The van der Waals surface area contributed by atoms with Crippen LogP contribution in [0.4, 0.5) is 17.6 Å². The van der Waals surface area contributed by atoms with Crippen LogP contribution in [-0.4, -0.2) is 11.1 Å². The molecule has 0 aliphatic carbocycles. The van der Waals surface area contributed by atoms with Gasteiger partial charge in [-0.25, -0.2) is 4.39 Å². The fourth-order valence-electron chi connectivity index (χ4n) is 1.21. The molecule has 0 bridgehead atoms. The largest absolute Gasteiger partial charge is 0.481 e. The van der Waals surface area contributed by atoms with E-state index in [1.807, 2.05) is 0 Å². The van der Waals surface area contributed by atoms with Gasteiger partial charge in [0, 0.05) is 12.0 Å². The molecule has 0 saturated heterocycles. The Hall–Kier alpha value is -2.03. The second-order valence-electron chi connectivity index (χ2n) is 3.94. The van der Waals surface area contributed by atoms with Gasteiger partial charge in [-0.3, -0.25) is 4.79 Å². The van der Waals surface area contributed by atoms with Crippen molar-refractivity contribution in [1.29, 1.82) is 0 Å². The summed E-state index contributed by atoms with van der Waals surface area (Å²) in [5.41, 5.74) is -1.39. The molecule has 0 aliphatic rings. The molecule has 0 heterocycles. The SMILES string of the molecule is C[C@@H](CC#Cc1ccc(F)c(C(F)(F)F)c1)C(=O)O. The lowest BCUT2D eigenvalue weighted by Crippen LogP contribution is -2.08. The maximum atomic E-state index is 13.0. The lowest BCUT2D eigenvalue weighted by molar-refractivity contribution is -0.141. The van der Waals surface area contributed by atoms with Gasteiger partial charge in [0.1, 0.15) is 5.82 Å². The minimum absolute atomic E-state index is 0.00800. The van der Waals surface area contributed by atoms with Gasteiger partial charge in [-0.2, -0.15) is 13.2 Å². The molecule has 1 atom stereocenters. The van der Waals surface area contributed by atoms with Crippen LogP contribution in [-0.2, 0) is 11.0 Å². The summed E-state index contributed by atoms with van der Waals surface area (Å²) in [7, 11) is 0. The fourth-order valence-corrected chi connectivity index (χ4v) is 1.21. The van der Waals surface area contributed by atoms with Gasteiger partial charge in [-0.15, -0.1) is 0 Å². The smallest absolute Gasteiger partial charge is 0.419 e. The molecule has 2 nitrogen and oxygen atoms in total. The van der Waals surface area contributed by atoms with E-state index >= 15 is 0 Å². The summed E-state index contributed by atoms with van der Waals surface area (Å²) in [5, 5.41) is 8.60. The minimum atomic E-state index is -4.78. The first kappa shape index (κ1) is 15.0. The van der Waals surface area contributed by atoms with Gasteiger partial charge in [0.05, 0.1) is 11.5 Å². The van der Waals surface area contributed by atoms with Gasteiger partial charge in [-0.05, 0) is 18.2 Å². The lowest BCUT2D eigenvalue weighted by atomic mass is 10.1. The Morgan fingerprint density at radius 3 is 2.58 bits per heavy atom. The van der Waals surface area contributed by atoms with Crippen LogP contribution in [0.2, 0.25) is 0 Å². The van der Waals surface area contributed by atoms with Crippen LogP contribution >= 0.6 is 0 Å². The number of hydrogen-bond acceptors (Lipinski definition) is 1. The van der Waals surface area contributed by atoms with E-state index in [0.29, 0.717) is 12.1 Å². The van der Waals surface area contributed by atoms with Crippen molar-refractivity contribution in [1.82, 2.24) is 0 Å². The molecule has 6 heteroatoms. The summed E-state index contributed by atoms with van der Waals surface area (Å²) in [4.78, 5) is 10.5. The number of hydrogen-bond donors (Lipinski definition) is 1. The number of rotatable bonds is 2. The van der Waals surface area contributed by atoms with Crippen LogP contribution in [0.5, 0.6) is 0 Å². The van der Waals surface area contributed by atoms with Gasteiger partial charge in [0.15, 0.2) is 0 Å². The maximum Gasteiger partial charge on any atom is 0.419 e. The Morgan fingerprint density at radius 1 is 1.42 bits per heavy atom. The van der Waals surface area contributed by atoms with Crippen molar-refractivity contribution in [2.24, 2.45) is 5.92 Å². The van der Waals surface area contributed by atoms with E-state index in [1.54, 1.807) is 0 Å². The second kappa shape index (κ2) is 5.74. The predicted octanol–water partition coefficient (Wildman–Crippen LogP) is 3.31. The van der Waals surface area contributed by atoms with E-state index < -0.39 is 29.4 Å². The second-order valence-corrected chi connectivity index (χ2v) is 3.94. The van der Waals surface area contributed by atoms with E-state index in [1.165, 1.54) is 6.92 Å². The fraction of sp³-hybridized carbons (Fsp3) is 0.308. The Labute approximate surface area is 107 Å². The van der Waals surface area contributed by atoms with Crippen LogP contribution in [0.3, 0.4) is 0 Å². The third kappa shape index (κ3) is 4.28. The monoisotopic (exact) mass is 274 g/mol. The average molecular weight is 274 g/mol. The van der Waals surface area contributed by atoms with Crippen molar-refractivity contribution in [3.05, 3.63) is 35.1 Å². The number of benzene rings is 1. The van der Waals surface area contributed by atoms with Crippen LogP contribution < -0.4 is 0 Å². The topological polar surface area (TPSA) is 37.3 Å². The number of carbonyl (C=O) groups is 1. The third-order valence-electron chi connectivity index (χ3n) is 2.33. The summed E-state index contributed by atoms with van der Waals surface area (Å²) >= 11 is 0. The number of carboxylic acid groups (broad SMARTS) is 1. The van der Waals surface area contributed by atoms with Crippen molar-refractivity contribution in [2.75, 3.05) is 0 Å². The van der Waals surface area contributed by atoms with Gasteiger partial charge in [0.25, 0.3) is 0 Å². The molecule has 0 radical (unpaired) electrons. The highest BCUT2D eigenvalue weighted by molar-refractivity contribution is 5.69. The molecule has 0 amide bonds. The first-order valence-electron chi connectivity index (χ1n) is 5.30. The van der Waals surface area contributed by atoms with Crippen LogP contribution in [0.25, 0.3) is 0 Å². The summed E-state index contributed by atoms with van der Waals surface area (Å²) in [6, 6.07) is 2.41. The third-order valence-corrected chi connectivity index (χ3v) is 2.33. The molecule has 1 rings (SSSR count). The average Bonchev–Trinajstić information content (AvgIpc) is 2.29. The van der Waals surface area contributed by atoms with Gasteiger partial charge < -0.3 is 5.11 Å². The van der Waals surface area contributed by atoms with Crippen molar-refractivity contribution < 1.29 is 27.5 Å². The van der Waals surface area contributed by atoms with Crippen LogP contribution in [0, 0.1) is 23.6 Å². The standard InChI is InChI=1S/C13H10F4O2/c1-8(12(18)19)3-2-4-9-5-6-11(14)10(7-9)13(15,16)17/h5-8H,3H2,1H3,(H,18,19)/t8-/m0/s1. The molecule has 0 aromatic heterocycles. The first-order chi connectivity index (χ1) is 8.71. The van der Waals surface area contributed by atoms with Gasteiger partial charge in [-0.1, -0.05) is 18.8 Å². The van der Waals surface area contributed by atoms with Crippen molar-refractivity contribution in [3.8, 4) is 11.8 Å². The molecular formula is C13H10F4O2. The highest BCUT2D eigenvalue weighted by Crippen LogP contribution is 2.31. The molecule has 0 unspecified atom stereocenters. The Bertz CT molecular complexity index is 538. The molecule has 0 aliphatic heterocycles. The van der Waals surface area contributed by atoms with Crippen molar-refractivity contribution in [2.45, 2.75) is 19.5 Å². The predicted molar refractivity (Wildman–Crippen MR) is 59.7 cm³/mol. The highest BCUT2D eigenvalue weighted by atomic mass is 19.4. The normalized spacial score (nSPS) is 12.5. The molecule has 19 heavy (non-hydrogen) atoms. The molecule has 0 saturated carbocycles. The highest BCUT2D eigenvalue weighted by Gasteiger charge is 2.34. The minimum Gasteiger partial charge on any atom is -0.481 e. The number of alkyl halides is 3. The summed E-state index contributed by atoms with van der Waals surface area (Å²) < 4.78 is 50.2. The number of aliphatic carboxylic acids is 1. The Kier molecular flexibility index (Phi) is 4.54. The summed E-state index contributed by atoms with van der Waals surface area (Å²) in [5.74, 6) is 1.74. The lowest BCUT2D eigenvalue weighted by Gasteiger charge is -2.07. The molecule has 102 valence electrons. The van der Waals surface area contributed by atoms with Crippen LogP contribution in [0.15, 0.2) is 18.2 Å². The summed E-state index contributed by atoms with van der Waals surface area (Å²) in [6.07, 6.45) is -4.77. The number of carboxylic acids is 1. The van der Waals surface area contributed by atoms with Crippen molar-refractivity contribution >= 4 is 5.97 Å². The molecular weight excluding hydrogens is 264 g/mol. The summed E-state index contributed by atoms with van der Waals surface area (Å²) in [6.45, 7) is 1.43. The number of halogens is 4. The van der Waals surface area contributed by atoms with Crippen LogP contribution in [0.1, 0.15) is 24.5 Å². The first-order valence-corrected chi connectivity index (χ1v) is 5.30. The quantitative estimate of drug-likeness (QED) is 0.663. The molecule has 1 aromatic carbocycles. The van der Waals surface area contributed by atoms with E-state index in [2.05, 4.69) is 11.8 Å². The van der Waals surface area contributed by atoms with E-state index in [4.69, 9.17) is 5.11 Å². The van der Waals surface area contributed by atoms with E-state index in [0.717, 1.165) is 6.07 Å².